The van der Waals surface area contributed by atoms with Crippen LogP contribution in [0.2, 0.25) is 0 Å². The Bertz CT molecular complexity index is 69.7. The smallest absolute Gasteiger partial charge is 0.0251 e. The molecule has 0 rings (SSSR count). The fourth-order valence-corrected chi connectivity index (χ4v) is 1.34. The van der Waals surface area contributed by atoms with Crippen LogP contribution in [0.4, 0.5) is 0 Å². The predicted molar refractivity (Wildman–Crippen MR) is 48.7 cm³/mol. The number of rotatable bonds is 5. The average molecular weight is 182 g/mol. The second-order valence-corrected chi connectivity index (χ2v) is 3.30. The monoisotopic (exact) mass is 181 g/mol. The normalized spacial score (nSPS) is 16.8. The van der Waals surface area contributed by atoms with Crippen molar-refractivity contribution in [3.05, 3.63) is 6.92 Å². The van der Waals surface area contributed by atoms with Crippen molar-refractivity contribution in [2.75, 3.05) is 11.8 Å². The molecule has 0 amide bonds. The van der Waals surface area contributed by atoms with Crippen LogP contribution in [0.3, 0.4) is 0 Å². The molecule has 0 aliphatic carbocycles. The third-order valence-corrected chi connectivity index (χ3v) is 2.55. The molecule has 0 aromatic heterocycles. The molecule has 0 aromatic carbocycles. The van der Waals surface area contributed by atoms with Crippen molar-refractivity contribution in [1.29, 1.82) is 0 Å². The van der Waals surface area contributed by atoms with Gasteiger partial charge in [0, 0.05) is 11.8 Å². The van der Waals surface area contributed by atoms with Gasteiger partial charge in [-0.2, -0.15) is 0 Å². The first-order chi connectivity index (χ1) is 4.74. The van der Waals surface area contributed by atoms with Crippen molar-refractivity contribution in [1.82, 2.24) is 0 Å². The first-order valence-electron chi connectivity index (χ1n) is 3.69. The Kier molecular flexibility index (Phi) is 6.67. The molecule has 61 valence electrons. The van der Waals surface area contributed by atoms with Gasteiger partial charge in [0.25, 0.3) is 0 Å². The summed E-state index contributed by atoms with van der Waals surface area (Å²) >= 11 is 11.3. The highest BCUT2D eigenvalue weighted by Gasteiger charge is 2.08. The maximum atomic E-state index is 5.70. The largest absolute Gasteiger partial charge is 0.126 e. The van der Waals surface area contributed by atoms with Crippen molar-refractivity contribution in [2.45, 2.75) is 19.8 Å². The fraction of sp³-hybridized carbons (Fsp3) is 0.875. The van der Waals surface area contributed by atoms with E-state index in [0.717, 1.165) is 18.7 Å². The van der Waals surface area contributed by atoms with E-state index in [4.69, 9.17) is 23.2 Å². The highest BCUT2D eigenvalue weighted by molar-refractivity contribution is 6.18. The first-order valence-corrected chi connectivity index (χ1v) is 4.76. The summed E-state index contributed by atoms with van der Waals surface area (Å²) in [6.45, 7) is 6.05. The fourth-order valence-electron chi connectivity index (χ4n) is 0.873. The second-order valence-electron chi connectivity index (χ2n) is 2.68. The molecule has 0 spiro atoms. The standard InChI is InChI=1S/C8H15Cl2/c1-3-8(6-10)4-7(2)5-9/h7-8H,2-6H2,1H3. The van der Waals surface area contributed by atoms with E-state index >= 15 is 0 Å². The van der Waals surface area contributed by atoms with E-state index in [2.05, 4.69) is 13.8 Å². The lowest BCUT2D eigenvalue weighted by molar-refractivity contribution is 0.460. The third kappa shape index (κ3) is 4.40. The van der Waals surface area contributed by atoms with Crippen LogP contribution in [0.5, 0.6) is 0 Å². The molecule has 0 N–H and O–H groups in total. The van der Waals surface area contributed by atoms with E-state index < -0.39 is 0 Å². The van der Waals surface area contributed by atoms with Crippen molar-refractivity contribution in [2.24, 2.45) is 11.8 Å². The Morgan fingerprint density at radius 1 is 1.30 bits per heavy atom. The molecule has 1 radical (unpaired) electrons. The maximum absolute atomic E-state index is 5.70. The number of hydrogen-bond acceptors (Lipinski definition) is 0. The Labute approximate surface area is 73.9 Å². The van der Waals surface area contributed by atoms with Gasteiger partial charge >= 0.3 is 0 Å². The minimum absolute atomic E-state index is 0.366. The molecule has 0 aliphatic heterocycles. The van der Waals surface area contributed by atoms with Gasteiger partial charge < -0.3 is 0 Å². The van der Waals surface area contributed by atoms with E-state index in [-0.39, 0.29) is 0 Å². The van der Waals surface area contributed by atoms with Gasteiger partial charge in [-0.15, -0.1) is 23.2 Å². The minimum Gasteiger partial charge on any atom is -0.126 e. The van der Waals surface area contributed by atoms with Gasteiger partial charge in [-0.3, -0.25) is 0 Å². The van der Waals surface area contributed by atoms with Crippen molar-refractivity contribution >= 4 is 23.2 Å². The SMILES string of the molecule is [CH2]C(CCl)CC(CC)CCl. The van der Waals surface area contributed by atoms with Gasteiger partial charge in [0.15, 0.2) is 0 Å². The Morgan fingerprint density at radius 2 is 1.90 bits per heavy atom. The molecule has 0 aromatic rings. The summed E-state index contributed by atoms with van der Waals surface area (Å²) in [5.41, 5.74) is 0. The lowest BCUT2D eigenvalue weighted by Crippen LogP contribution is -2.08. The molecule has 0 saturated heterocycles. The summed E-state index contributed by atoms with van der Waals surface area (Å²) < 4.78 is 0. The molecule has 0 nitrogen and oxygen atoms in total. The Hall–Kier alpha value is 0.580. The Morgan fingerprint density at radius 3 is 2.20 bits per heavy atom. The predicted octanol–water partition coefficient (Wildman–Crippen LogP) is 3.33. The molecule has 0 heterocycles. The summed E-state index contributed by atoms with van der Waals surface area (Å²) in [4.78, 5) is 0. The first kappa shape index (κ1) is 10.6. The maximum Gasteiger partial charge on any atom is 0.0251 e. The lowest BCUT2D eigenvalue weighted by Gasteiger charge is -2.14. The minimum atomic E-state index is 0.366. The van der Waals surface area contributed by atoms with Crippen LogP contribution in [0.1, 0.15) is 19.8 Å². The van der Waals surface area contributed by atoms with Crippen LogP contribution in [0, 0.1) is 18.8 Å². The van der Waals surface area contributed by atoms with Gasteiger partial charge in [0.1, 0.15) is 0 Å². The third-order valence-electron chi connectivity index (χ3n) is 1.68. The summed E-state index contributed by atoms with van der Waals surface area (Å²) in [6, 6.07) is 0. The highest BCUT2D eigenvalue weighted by Crippen LogP contribution is 2.17. The molecule has 2 heteroatoms. The molecular weight excluding hydrogens is 167 g/mol. The zero-order valence-electron chi connectivity index (χ0n) is 6.45. The highest BCUT2D eigenvalue weighted by atomic mass is 35.5. The van der Waals surface area contributed by atoms with Crippen LogP contribution >= 0.6 is 23.2 Å². The lowest BCUT2D eigenvalue weighted by atomic mass is 9.97. The molecule has 2 unspecified atom stereocenters. The summed E-state index contributed by atoms with van der Waals surface area (Å²) in [7, 11) is 0. The zero-order chi connectivity index (χ0) is 7.98. The number of alkyl halides is 2. The number of halogens is 2. The Balaban J connectivity index is 3.41. The van der Waals surface area contributed by atoms with Crippen molar-refractivity contribution in [3.63, 3.8) is 0 Å². The van der Waals surface area contributed by atoms with Crippen molar-refractivity contribution in [3.8, 4) is 0 Å². The summed E-state index contributed by atoms with van der Waals surface area (Å²) in [6.07, 6.45) is 2.19. The molecule has 0 bridgehead atoms. The average Bonchev–Trinajstić information content (AvgIpc) is 1.99. The zero-order valence-corrected chi connectivity index (χ0v) is 7.96. The quantitative estimate of drug-likeness (QED) is 0.572. The van der Waals surface area contributed by atoms with E-state index in [9.17, 15) is 0 Å². The molecule has 0 saturated carbocycles. The van der Waals surface area contributed by atoms with Crippen LogP contribution in [-0.4, -0.2) is 11.8 Å². The second kappa shape index (κ2) is 6.30. The number of hydrogen-bond donors (Lipinski definition) is 0. The topological polar surface area (TPSA) is 0 Å². The summed E-state index contributed by atoms with van der Waals surface area (Å²) in [5.74, 6) is 2.35. The summed E-state index contributed by atoms with van der Waals surface area (Å²) in [5, 5.41) is 0. The van der Waals surface area contributed by atoms with Crippen LogP contribution < -0.4 is 0 Å². The van der Waals surface area contributed by atoms with Gasteiger partial charge in [0.05, 0.1) is 0 Å². The van der Waals surface area contributed by atoms with Crippen molar-refractivity contribution < 1.29 is 0 Å². The molecule has 2 atom stereocenters. The van der Waals surface area contributed by atoms with Crippen LogP contribution in [0.25, 0.3) is 0 Å². The van der Waals surface area contributed by atoms with Gasteiger partial charge in [-0.25, -0.2) is 0 Å². The molecule has 0 aliphatic rings. The van der Waals surface area contributed by atoms with Crippen LogP contribution in [-0.2, 0) is 0 Å². The van der Waals surface area contributed by atoms with Gasteiger partial charge in [0.2, 0.25) is 0 Å². The molecular formula is C8H15Cl2. The van der Waals surface area contributed by atoms with E-state index in [0.29, 0.717) is 17.7 Å². The van der Waals surface area contributed by atoms with E-state index in [1.54, 1.807) is 0 Å². The van der Waals surface area contributed by atoms with Gasteiger partial charge in [-0.05, 0) is 25.2 Å². The van der Waals surface area contributed by atoms with E-state index in [1.807, 2.05) is 0 Å². The molecule has 0 fully saturated rings. The van der Waals surface area contributed by atoms with Crippen LogP contribution in [0.15, 0.2) is 0 Å². The molecule has 10 heavy (non-hydrogen) atoms. The van der Waals surface area contributed by atoms with E-state index in [1.165, 1.54) is 0 Å². The van der Waals surface area contributed by atoms with Gasteiger partial charge in [-0.1, -0.05) is 13.3 Å².